The van der Waals surface area contributed by atoms with E-state index >= 15 is 0 Å². The van der Waals surface area contributed by atoms with Crippen molar-refractivity contribution in [3.05, 3.63) is 42.0 Å². The van der Waals surface area contributed by atoms with Crippen LogP contribution < -0.4 is 9.64 Å². The van der Waals surface area contributed by atoms with Crippen LogP contribution in [0.2, 0.25) is 0 Å². The molecular formula is C18H15F3N2O3. The molecule has 0 spiro atoms. The van der Waals surface area contributed by atoms with Crippen molar-refractivity contribution in [1.82, 2.24) is 4.98 Å². The summed E-state index contributed by atoms with van der Waals surface area (Å²) in [6.07, 6.45) is -4.95. The van der Waals surface area contributed by atoms with Crippen LogP contribution in [0.15, 0.2) is 40.8 Å². The van der Waals surface area contributed by atoms with E-state index in [-0.39, 0.29) is 5.69 Å². The minimum atomic E-state index is -4.95. The molecule has 5 nitrogen and oxygen atoms in total. The maximum Gasteiger partial charge on any atom is 0.471 e. The van der Waals surface area contributed by atoms with Crippen LogP contribution in [-0.2, 0) is 4.79 Å². The number of nitrogens with zero attached hydrogens (tertiary/aromatic N) is 2. The monoisotopic (exact) mass is 364 g/mol. The second-order valence-electron chi connectivity index (χ2n) is 5.72. The maximum absolute atomic E-state index is 12.7. The van der Waals surface area contributed by atoms with E-state index in [2.05, 4.69) is 4.98 Å². The molecule has 0 aliphatic rings. The molecule has 3 rings (SSSR count). The van der Waals surface area contributed by atoms with E-state index in [1.807, 2.05) is 0 Å². The molecule has 1 amide bonds. The lowest BCUT2D eigenvalue weighted by molar-refractivity contribution is -0.170. The molecule has 0 unspecified atom stereocenters. The molecule has 3 aromatic rings. The van der Waals surface area contributed by atoms with Gasteiger partial charge in [0.15, 0.2) is 5.58 Å². The number of aromatic nitrogens is 1. The molecule has 0 bridgehead atoms. The number of carbonyl (C=O) groups is 1. The van der Waals surface area contributed by atoms with E-state index in [1.54, 1.807) is 38.3 Å². The van der Waals surface area contributed by atoms with Crippen molar-refractivity contribution in [3.63, 3.8) is 0 Å². The Bertz CT molecular complexity index is 962. The Morgan fingerprint density at radius 1 is 1.19 bits per heavy atom. The first-order valence-electron chi connectivity index (χ1n) is 7.61. The molecule has 0 saturated carbocycles. The Kier molecular flexibility index (Phi) is 4.35. The fourth-order valence-electron chi connectivity index (χ4n) is 2.54. The minimum Gasteiger partial charge on any atom is -0.497 e. The summed E-state index contributed by atoms with van der Waals surface area (Å²) < 4.78 is 48.8. The number of halogens is 3. The highest BCUT2D eigenvalue weighted by molar-refractivity contribution is 5.98. The molecule has 8 heteroatoms. The van der Waals surface area contributed by atoms with E-state index < -0.39 is 12.1 Å². The van der Waals surface area contributed by atoms with Crippen molar-refractivity contribution in [2.45, 2.75) is 13.1 Å². The summed E-state index contributed by atoms with van der Waals surface area (Å²) >= 11 is 0. The third kappa shape index (κ3) is 3.22. The van der Waals surface area contributed by atoms with Gasteiger partial charge in [0, 0.05) is 18.3 Å². The Morgan fingerprint density at radius 3 is 2.42 bits per heavy atom. The first-order valence-corrected chi connectivity index (χ1v) is 7.61. The van der Waals surface area contributed by atoms with E-state index in [0.717, 1.165) is 7.05 Å². The highest BCUT2D eigenvalue weighted by atomic mass is 19.4. The summed E-state index contributed by atoms with van der Waals surface area (Å²) in [5.41, 5.74) is 2.18. The normalized spacial score (nSPS) is 11.6. The second kappa shape index (κ2) is 6.36. The van der Waals surface area contributed by atoms with Gasteiger partial charge in [-0.2, -0.15) is 13.2 Å². The van der Waals surface area contributed by atoms with Crippen molar-refractivity contribution in [2.75, 3.05) is 19.1 Å². The quantitative estimate of drug-likeness (QED) is 0.694. The molecule has 136 valence electrons. The fourth-order valence-corrected chi connectivity index (χ4v) is 2.54. The van der Waals surface area contributed by atoms with E-state index in [9.17, 15) is 18.0 Å². The lowest BCUT2D eigenvalue weighted by Crippen LogP contribution is -2.38. The molecular weight excluding hydrogens is 349 g/mol. The van der Waals surface area contributed by atoms with Crippen molar-refractivity contribution >= 4 is 22.7 Å². The summed E-state index contributed by atoms with van der Waals surface area (Å²) in [4.78, 5) is 16.3. The Hall–Kier alpha value is -3.03. The number of alkyl halides is 3. The van der Waals surface area contributed by atoms with Gasteiger partial charge >= 0.3 is 12.1 Å². The number of rotatable bonds is 3. The number of amides is 1. The third-order valence-corrected chi connectivity index (χ3v) is 3.93. The molecule has 26 heavy (non-hydrogen) atoms. The molecule has 0 N–H and O–H groups in total. The zero-order chi connectivity index (χ0) is 19.1. The van der Waals surface area contributed by atoms with Gasteiger partial charge in [-0.05, 0) is 48.9 Å². The van der Waals surface area contributed by atoms with Crippen LogP contribution in [0.4, 0.5) is 18.9 Å². The van der Waals surface area contributed by atoms with Crippen molar-refractivity contribution in [2.24, 2.45) is 0 Å². The average Bonchev–Trinajstić information content (AvgIpc) is 3.04. The number of carbonyl (C=O) groups excluding carboxylic acids is 1. The first kappa shape index (κ1) is 17.8. The van der Waals surface area contributed by atoms with Gasteiger partial charge in [-0.3, -0.25) is 4.79 Å². The average molecular weight is 364 g/mol. The summed E-state index contributed by atoms with van der Waals surface area (Å²) in [6.45, 7) is 1.68. The zero-order valence-corrected chi connectivity index (χ0v) is 14.2. The Balaban J connectivity index is 2.02. The molecule has 0 aliphatic heterocycles. The number of fused-ring (bicyclic) bond motifs is 1. The molecule has 0 aliphatic carbocycles. The van der Waals surface area contributed by atoms with Gasteiger partial charge in [0.1, 0.15) is 11.3 Å². The van der Waals surface area contributed by atoms with Crippen LogP contribution in [0.25, 0.3) is 22.6 Å². The number of aryl methyl sites for hydroxylation is 1. The molecule has 1 heterocycles. The SMILES string of the molecule is COc1ccc(-c2nc3cc(N(C)C(=O)C(F)(F)F)cc(C)c3o2)cc1. The zero-order valence-electron chi connectivity index (χ0n) is 14.2. The van der Waals surface area contributed by atoms with Gasteiger partial charge in [-0.1, -0.05) is 0 Å². The van der Waals surface area contributed by atoms with E-state index in [0.29, 0.717) is 38.8 Å². The first-order chi connectivity index (χ1) is 12.2. The van der Waals surface area contributed by atoms with Crippen LogP contribution in [0, 0.1) is 6.92 Å². The largest absolute Gasteiger partial charge is 0.497 e. The van der Waals surface area contributed by atoms with Gasteiger partial charge in [-0.15, -0.1) is 0 Å². The molecule has 0 fully saturated rings. The summed E-state index contributed by atoms with van der Waals surface area (Å²) in [5.74, 6) is -0.946. The predicted molar refractivity (Wildman–Crippen MR) is 90.2 cm³/mol. The number of anilines is 1. The van der Waals surface area contributed by atoms with Crippen molar-refractivity contribution < 1.29 is 27.1 Å². The lowest BCUT2D eigenvalue weighted by atomic mass is 10.2. The minimum absolute atomic E-state index is 0.0897. The molecule has 1 aromatic heterocycles. The third-order valence-electron chi connectivity index (χ3n) is 3.93. The van der Waals surface area contributed by atoms with Crippen molar-refractivity contribution in [3.8, 4) is 17.2 Å². The standard InChI is InChI=1S/C18H15F3N2O3/c1-10-8-12(23(2)17(24)18(19,20)21)9-14-15(10)26-16(22-14)11-4-6-13(25-3)7-5-11/h4-9H,1-3H3. The molecule has 0 atom stereocenters. The number of hydrogen-bond donors (Lipinski definition) is 0. The fraction of sp³-hybridized carbons (Fsp3) is 0.222. The summed E-state index contributed by atoms with van der Waals surface area (Å²) in [6, 6.07) is 9.87. The topological polar surface area (TPSA) is 55.6 Å². The van der Waals surface area contributed by atoms with Crippen molar-refractivity contribution in [1.29, 1.82) is 0 Å². The van der Waals surface area contributed by atoms with Gasteiger partial charge < -0.3 is 14.1 Å². The highest BCUT2D eigenvalue weighted by Gasteiger charge is 2.41. The molecule has 0 saturated heterocycles. The smallest absolute Gasteiger partial charge is 0.471 e. The van der Waals surface area contributed by atoms with Gasteiger partial charge in [-0.25, -0.2) is 4.98 Å². The molecule has 0 radical (unpaired) electrons. The van der Waals surface area contributed by atoms with Crippen LogP contribution in [0.5, 0.6) is 5.75 Å². The number of benzene rings is 2. The van der Waals surface area contributed by atoms with Crippen LogP contribution >= 0.6 is 0 Å². The second-order valence-corrected chi connectivity index (χ2v) is 5.72. The van der Waals surface area contributed by atoms with Crippen LogP contribution in [0.3, 0.4) is 0 Å². The van der Waals surface area contributed by atoms with Gasteiger partial charge in [0.2, 0.25) is 5.89 Å². The Labute approximate surface area is 147 Å². The number of ether oxygens (including phenoxy) is 1. The number of hydrogen-bond acceptors (Lipinski definition) is 4. The Morgan fingerprint density at radius 2 is 1.85 bits per heavy atom. The number of oxazole rings is 1. The van der Waals surface area contributed by atoms with Crippen LogP contribution in [-0.4, -0.2) is 31.2 Å². The predicted octanol–water partition coefficient (Wildman–Crippen LogP) is 4.34. The summed E-state index contributed by atoms with van der Waals surface area (Å²) in [7, 11) is 2.62. The molecule has 2 aromatic carbocycles. The van der Waals surface area contributed by atoms with E-state index in [4.69, 9.17) is 9.15 Å². The van der Waals surface area contributed by atoms with Crippen LogP contribution in [0.1, 0.15) is 5.56 Å². The number of methoxy groups -OCH3 is 1. The van der Waals surface area contributed by atoms with Gasteiger partial charge in [0.25, 0.3) is 0 Å². The maximum atomic E-state index is 12.7. The lowest BCUT2D eigenvalue weighted by Gasteiger charge is -2.19. The highest BCUT2D eigenvalue weighted by Crippen LogP contribution is 2.32. The van der Waals surface area contributed by atoms with E-state index in [1.165, 1.54) is 12.1 Å². The summed E-state index contributed by atoms with van der Waals surface area (Å²) in [5, 5.41) is 0. The van der Waals surface area contributed by atoms with Gasteiger partial charge in [0.05, 0.1) is 7.11 Å².